The van der Waals surface area contributed by atoms with Crippen LogP contribution in [0.5, 0.6) is 0 Å². The first-order valence-electron chi connectivity index (χ1n) is 7.36. The average molecular weight is 260 g/mol. The van der Waals surface area contributed by atoms with E-state index in [-0.39, 0.29) is 5.92 Å². The van der Waals surface area contributed by atoms with Gasteiger partial charge in [-0.05, 0) is 44.6 Å². The van der Waals surface area contributed by atoms with E-state index in [1.807, 2.05) is 0 Å². The molecule has 1 aliphatic rings. The summed E-state index contributed by atoms with van der Waals surface area (Å²) in [4.78, 5) is 11.4. The van der Waals surface area contributed by atoms with Gasteiger partial charge in [-0.15, -0.1) is 0 Å². The molecule has 0 heterocycles. The van der Waals surface area contributed by atoms with Crippen LogP contribution < -0.4 is 0 Å². The number of hydrogen-bond acceptors (Lipinski definition) is 1. The van der Waals surface area contributed by atoms with Crippen LogP contribution in [0.25, 0.3) is 0 Å². The van der Waals surface area contributed by atoms with Crippen LogP contribution in [0.3, 0.4) is 0 Å². The molecule has 0 saturated heterocycles. The van der Waals surface area contributed by atoms with Crippen LogP contribution in [-0.4, -0.2) is 11.1 Å². The van der Waals surface area contributed by atoms with E-state index in [1.54, 1.807) is 0 Å². The number of carboxylic acid groups (broad SMARTS) is 1. The number of benzene rings is 1. The summed E-state index contributed by atoms with van der Waals surface area (Å²) in [5, 5.41) is 9.42. The molecule has 1 saturated carbocycles. The highest BCUT2D eigenvalue weighted by molar-refractivity contribution is 5.70. The first kappa shape index (κ1) is 14.1. The molecule has 2 nitrogen and oxygen atoms in total. The van der Waals surface area contributed by atoms with E-state index in [0.29, 0.717) is 5.92 Å². The zero-order valence-electron chi connectivity index (χ0n) is 12.0. The summed E-state index contributed by atoms with van der Waals surface area (Å²) >= 11 is 0. The van der Waals surface area contributed by atoms with E-state index in [1.165, 1.54) is 29.5 Å². The molecule has 1 aliphatic carbocycles. The highest BCUT2D eigenvalue weighted by atomic mass is 16.4. The summed E-state index contributed by atoms with van der Waals surface area (Å²) in [6.45, 7) is 4.22. The highest BCUT2D eigenvalue weighted by Crippen LogP contribution is 2.32. The van der Waals surface area contributed by atoms with E-state index < -0.39 is 5.97 Å². The molecule has 0 aromatic heterocycles. The third-order valence-corrected chi connectivity index (χ3v) is 4.26. The molecule has 0 radical (unpaired) electrons. The molecular formula is C17H24O2. The molecule has 2 unspecified atom stereocenters. The van der Waals surface area contributed by atoms with Crippen LogP contribution in [0, 0.1) is 25.7 Å². The fraction of sp³-hybridized carbons (Fsp3) is 0.588. The molecule has 0 amide bonds. The number of aryl methyl sites for hydroxylation is 2. The molecule has 0 spiro atoms. The maximum atomic E-state index is 11.4. The van der Waals surface area contributed by atoms with Gasteiger partial charge in [0, 0.05) is 0 Å². The third kappa shape index (κ3) is 3.82. The third-order valence-electron chi connectivity index (χ3n) is 4.26. The molecule has 0 aliphatic heterocycles. The van der Waals surface area contributed by atoms with Crippen molar-refractivity contribution in [1.29, 1.82) is 0 Å². The minimum absolute atomic E-state index is 0.150. The zero-order chi connectivity index (χ0) is 13.8. The van der Waals surface area contributed by atoms with E-state index in [9.17, 15) is 9.90 Å². The first-order chi connectivity index (χ1) is 9.06. The van der Waals surface area contributed by atoms with Gasteiger partial charge in [-0.1, -0.05) is 48.6 Å². The van der Waals surface area contributed by atoms with E-state index in [2.05, 4.69) is 32.0 Å². The Morgan fingerprint density at radius 1 is 1.11 bits per heavy atom. The summed E-state index contributed by atoms with van der Waals surface area (Å²) in [7, 11) is 0. The number of carboxylic acids is 1. The lowest BCUT2D eigenvalue weighted by atomic mass is 9.83. The van der Waals surface area contributed by atoms with Crippen molar-refractivity contribution in [2.24, 2.45) is 11.8 Å². The van der Waals surface area contributed by atoms with E-state index in [4.69, 9.17) is 0 Å². The minimum atomic E-state index is -0.601. The van der Waals surface area contributed by atoms with Gasteiger partial charge in [-0.3, -0.25) is 4.79 Å². The second-order valence-electron chi connectivity index (χ2n) is 6.04. The lowest BCUT2D eigenvalue weighted by molar-refractivity contribution is -0.143. The topological polar surface area (TPSA) is 37.3 Å². The van der Waals surface area contributed by atoms with Gasteiger partial charge in [0.25, 0.3) is 0 Å². The molecule has 19 heavy (non-hydrogen) atoms. The Kier molecular flexibility index (Phi) is 4.62. The van der Waals surface area contributed by atoms with Gasteiger partial charge in [0.15, 0.2) is 0 Å². The summed E-state index contributed by atoms with van der Waals surface area (Å²) < 4.78 is 0. The second kappa shape index (κ2) is 6.23. The van der Waals surface area contributed by atoms with Gasteiger partial charge < -0.3 is 5.11 Å². The molecule has 104 valence electrons. The Bertz CT molecular complexity index is 430. The number of carbonyl (C=O) groups is 1. The van der Waals surface area contributed by atoms with Crippen LogP contribution in [0.2, 0.25) is 0 Å². The van der Waals surface area contributed by atoms with Crippen molar-refractivity contribution in [3.8, 4) is 0 Å². The van der Waals surface area contributed by atoms with Gasteiger partial charge in [0.2, 0.25) is 0 Å². The van der Waals surface area contributed by atoms with E-state index in [0.717, 1.165) is 25.7 Å². The Hall–Kier alpha value is -1.31. The van der Waals surface area contributed by atoms with Gasteiger partial charge in [-0.25, -0.2) is 0 Å². The lowest BCUT2D eigenvalue weighted by Crippen LogP contribution is -2.24. The number of aliphatic carboxylic acids is 1. The Labute approximate surface area is 115 Å². The van der Waals surface area contributed by atoms with Gasteiger partial charge in [0.05, 0.1) is 5.92 Å². The molecule has 1 aromatic carbocycles. The van der Waals surface area contributed by atoms with Crippen LogP contribution in [0.15, 0.2) is 18.2 Å². The number of hydrogen-bond donors (Lipinski definition) is 1. The lowest BCUT2D eigenvalue weighted by Gasteiger charge is -2.22. The second-order valence-corrected chi connectivity index (χ2v) is 6.04. The van der Waals surface area contributed by atoms with Crippen molar-refractivity contribution in [3.05, 3.63) is 34.9 Å². The monoisotopic (exact) mass is 260 g/mol. The van der Waals surface area contributed by atoms with Crippen molar-refractivity contribution in [1.82, 2.24) is 0 Å². The van der Waals surface area contributed by atoms with Crippen LogP contribution in [0.4, 0.5) is 0 Å². The molecular weight excluding hydrogens is 236 g/mol. The molecule has 1 N–H and O–H groups in total. The largest absolute Gasteiger partial charge is 0.481 e. The SMILES string of the molecule is Cc1cc(C)cc(CC2CCCCCC2C(=O)O)c1. The Balaban J connectivity index is 2.15. The van der Waals surface area contributed by atoms with Gasteiger partial charge in [-0.2, -0.15) is 0 Å². The summed E-state index contributed by atoms with van der Waals surface area (Å²) in [6, 6.07) is 6.58. The standard InChI is InChI=1S/C17H24O2/c1-12-8-13(2)10-14(9-12)11-15-6-4-3-5-7-16(15)17(18)19/h8-10,15-16H,3-7,11H2,1-2H3,(H,18,19). The van der Waals surface area contributed by atoms with Crippen molar-refractivity contribution in [2.75, 3.05) is 0 Å². The maximum absolute atomic E-state index is 11.4. The normalized spacial score (nSPS) is 23.9. The van der Waals surface area contributed by atoms with Crippen molar-refractivity contribution in [3.63, 3.8) is 0 Å². The van der Waals surface area contributed by atoms with Crippen molar-refractivity contribution < 1.29 is 9.90 Å². The van der Waals surface area contributed by atoms with Crippen LogP contribution in [-0.2, 0) is 11.2 Å². The summed E-state index contributed by atoms with van der Waals surface area (Å²) in [6.07, 6.45) is 6.26. The fourth-order valence-corrected chi connectivity index (χ4v) is 3.44. The summed E-state index contributed by atoms with van der Waals surface area (Å²) in [5.74, 6) is -0.444. The van der Waals surface area contributed by atoms with Gasteiger partial charge in [0.1, 0.15) is 0 Å². The average Bonchev–Trinajstić information content (AvgIpc) is 2.53. The van der Waals surface area contributed by atoms with E-state index >= 15 is 0 Å². The molecule has 2 atom stereocenters. The molecule has 1 aromatic rings. The first-order valence-corrected chi connectivity index (χ1v) is 7.36. The van der Waals surface area contributed by atoms with Crippen LogP contribution >= 0.6 is 0 Å². The molecule has 2 heteroatoms. The predicted octanol–water partition coefficient (Wildman–Crippen LogP) is 4.13. The molecule has 2 rings (SSSR count). The number of rotatable bonds is 3. The van der Waals surface area contributed by atoms with Gasteiger partial charge >= 0.3 is 5.97 Å². The Morgan fingerprint density at radius 3 is 2.37 bits per heavy atom. The quantitative estimate of drug-likeness (QED) is 0.830. The zero-order valence-corrected chi connectivity index (χ0v) is 12.0. The molecule has 0 bridgehead atoms. The Morgan fingerprint density at radius 2 is 1.74 bits per heavy atom. The summed E-state index contributed by atoms with van der Waals surface area (Å²) in [5.41, 5.74) is 3.85. The minimum Gasteiger partial charge on any atom is -0.481 e. The molecule has 1 fully saturated rings. The highest BCUT2D eigenvalue weighted by Gasteiger charge is 2.29. The van der Waals surface area contributed by atoms with Crippen molar-refractivity contribution in [2.45, 2.75) is 52.4 Å². The predicted molar refractivity (Wildman–Crippen MR) is 77.3 cm³/mol. The van der Waals surface area contributed by atoms with Crippen LogP contribution in [0.1, 0.15) is 48.8 Å². The van der Waals surface area contributed by atoms with Crippen molar-refractivity contribution >= 4 is 5.97 Å². The fourth-order valence-electron chi connectivity index (χ4n) is 3.44. The smallest absolute Gasteiger partial charge is 0.306 e. The maximum Gasteiger partial charge on any atom is 0.306 e.